The number of benzene rings is 2. The number of amides is 1. The minimum absolute atomic E-state index is 0.102. The van der Waals surface area contributed by atoms with Crippen molar-refractivity contribution in [3.8, 4) is 40.1 Å². The van der Waals surface area contributed by atoms with Gasteiger partial charge in [-0.25, -0.2) is 5.43 Å². The first-order chi connectivity index (χ1) is 17.5. The molecule has 0 atom stereocenters. The molecule has 0 saturated heterocycles. The van der Waals surface area contributed by atoms with Gasteiger partial charge in [-0.3, -0.25) is 4.79 Å². The number of hydrazone groups is 1. The van der Waals surface area contributed by atoms with Crippen LogP contribution in [0.2, 0.25) is 0 Å². The van der Waals surface area contributed by atoms with Gasteiger partial charge in [0.1, 0.15) is 0 Å². The maximum Gasteiger partial charge on any atom is 0.250 e. The van der Waals surface area contributed by atoms with Gasteiger partial charge in [-0.15, -0.1) is 10.2 Å². The molecule has 36 heavy (non-hydrogen) atoms. The standard InChI is InChI=1S/C24H29N5O6S/c1-7-29-23(15-8-10-17(31-2)19(12-15)33-4)27-28-24(29)36-14-20(30)26-25-13-16-9-11-18(32-3)22(35-6)21(16)34-5/h8-13H,7,14H2,1-6H3,(H,26,30)/b25-13-. The molecule has 0 saturated carbocycles. The number of hydrogen-bond acceptors (Lipinski definition) is 10. The predicted molar refractivity (Wildman–Crippen MR) is 137 cm³/mol. The Morgan fingerprint density at radius 2 is 1.64 bits per heavy atom. The molecule has 0 bridgehead atoms. The first kappa shape index (κ1) is 26.7. The van der Waals surface area contributed by atoms with Crippen molar-refractivity contribution in [1.82, 2.24) is 20.2 Å². The molecule has 0 unspecified atom stereocenters. The van der Waals surface area contributed by atoms with Gasteiger partial charge >= 0.3 is 0 Å². The summed E-state index contributed by atoms with van der Waals surface area (Å²) in [5.41, 5.74) is 3.96. The van der Waals surface area contributed by atoms with Crippen molar-refractivity contribution in [2.45, 2.75) is 18.6 Å². The van der Waals surface area contributed by atoms with Crippen molar-refractivity contribution in [2.75, 3.05) is 41.3 Å². The van der Waals surface area contributed by atoms with Crippen LogP contribution in [-0.2, 0) is 11.3 Å². The van der Waals surface area contributed by atoms with Crippen LogP contribution in [0.5, 0.6) is 28.7 Å². The van der Waals surface area contributed by atoms with E-state index in [0.29, 0.717) is 51.8 Å². The average Bonchev–Trinajstić information content (AvgIpc) is 3.33. The molecular formula is C24H29N5O6S. The zero-order valence-electron chi connectivity index (χ0n) is 21.0. The molecule has 192 valence electrons. The van der Waals surface area contributed by atoms with Crippen molar-refractivity contribution < 1.29 is 28.5 Å². The number of carbonyl (C=O) groups excluding carboxylic acids is 1. The predicted octanol–water partition coefficient (Wildman–Crippen LogP) is 3.25. The second-order valence-corrected chi connectivity index (χ2v) is 8.07. The zero-order valence-corrected chi connectivity index (χ0v) is 21.8. The number of methoxy groups -OCH3 is 5. The highest BCUT2D eigenvalue weighted by Crippen LogP contribution is 2.39. The third-order valence-corrected chi connectivity index (χ3v) is 6.10. The van der Waals surface area contributed by atoms with Crippen LogP contribution in [0.25, 0.3) is 11.4 Å². The number of nitrogens with zero attached hydrogens (tertiary/aromatic N) is 4. The average molecular weight is 516 g/mol. The number of carbonyl (C=O) groups is 1. The van der Waals surface area contributed by atoms with Crippen molar-refractivity contribution in [1.29, 1.82) is 0 Å². The fraction of sp³-hybridized carbons (Fsp3) is 0.333. The molecule has 3 aromatic rings. The lowest BCUT2D eigenvalue weighted by molar-refractivity contribution is -0.118. The van der Waals surface area contributed by atoms with E-state index >= 15 is 0 Å². The molecule has 0 aliphatic carbocycles. The fourth-order valence-corrected chi connectivity index (χ4v) is 4.23. The molecule has 1 heterocycles. The van der Waals surface area contributed by atoms with Gasteiger partial charge in [0.25, 0.3) is 5.91 Å². The van der Waals surface area contributed by atoms with E-state index in [1.165, 1.54) is 32.2 Å². The number of aromatic nitrogens is 3. The summed E-state index contributed by atoms with van der Waals surface area (Å²) < 4.78 is 28.7. The van der Waals surface area contributed by atoms with Crippen molar-refractivity contribution >= 4 is 23.9 Å². The molecule has 2 aromatic carbocycles. The quantitative estimate of drug-likeness (QED) is 0.220. The summed E-state index contributed by atoms with van der Waals surface area (Å²) in [4.78, 5) is 12.4. The fourth-order valence-electron chi connectivity index (χ4n) is 3.43. The number of thioether (sulfide) groups is 1. The zero-order chi connectivity index (χ0) is 26.1. The Morgan fingerprint density at radius 3 is 2.28 bits per heavy atom. The topological polar surface area (TPSA) is 118 Å². The van der Waals surface area contributed by atoms with E-state index in [1.807, 2.05) is 29.7 Å². The second-order valence-electron chi connectivity index (χ2n) is 7.13. The lowest BCUT2D eigenvalue weighted by atomic mass is 10.2. The molecule has 1 amide bonds. The molecular weight excluding hydrogens is 486 g/mol. The molecule has 0 radical (unpaired) electrons. The Hall–Kier alpha value is -3.93. The molecule has 12 heteroatoms. The minimum Gasteiger partial charge on any atom is -0.493 e. The summed E-state index contributed by atoms with van der Waals surface area (Å²) >= 11 is 1.26. The Morgan fingerprint density at radius 1 is 0.944 bits per heavy atom. The normalized spacial score (nSPS) is 10.8. The summed E-state index contributed by atoms with van der Waals surface area (Å²) in [6.45, 7) is 2.61. The first-order valence-corrected chi connectivity index (χ1v) is 11.9. The van der Waals surface area contributed by atoms with E-state index in [9.17, 15) is 4.79 Å². The van der Waals surface area contributed by atoms with Gasteiger partial charge in [0.05, 0.1) is 47.5 Å². The summed E-state index contributed by atoms with van der Waals surface area (Å²) in [5, 5.41) is 13.2. The number of nitrogens with one attached hydrogen (secondary N) is 1. The Labute approximate surface area is 213 Å². The van der Waals surface area contributed by atoms with E-state index in [-0.39, 0.29) is 11.7 Å². The van der Waals surface area contributed by atoms with Crippen LogP contribution in [-0.4, -0.2) is 68.2 Å². The number of ether oxygens (including phenoxy) is 5. The smallest absolute Gasteiger partial charge is 0.250 e. The van der Waals surface area contributed by atoms with E-state index < -0.39 is 0 Å². The van der Waals surface area contributed by atoms with E-state index in [0.717, 1.165) is 5.56 Å². The Bertz CT molecular complexity index is 1230. The van der Waals surface area contributed by atoms with Crippen molar-refractivity contribution in [2.24, 2.45) is 5.10 Å². The summed E-state index contributed by atoms with van der Waals surface area (Å²) in [5.74, 6) is 3.11. The Kier molecular flexibility index (Phi) is 9.39. The largest absolute Gasteiger partial charge is 0.493 e. The summed E-state index contributed by atoms with van der Waals surface area (Å²) in [6.07, 6.45) is 1.48. The van der Waals surface area contributed by atoms with Crippen LogP contribution in [0.4, 0.5) is 0 Å². The summed E-state index contributed by atoms with van der Waals surface area (Å²) in [6, 6.07) is 9.02. The third-order valence-electron chi connectivity index (χ3n) is 5.13. The van der Waals surface area contributed by atoms with Gasteiger partial charge in [-0.1, -0.05) is 11.8 Å². The lowest BCUT2D eigenvalue weighted by Gasteiger charge is -2.13. The number of rotatable bonds is 12. The highest BCUT2D eigenvalue weighted by molar-refractivity contribution is 7.99. The van der Waals surface area contributed by atoms with Crippen LogP contribution in [0, 0.1) is 0 Å². The maximum absolute atomic E-state index is 12.4. The van der Waals surface area contributed by atoms with E-state index in [2.05, 4.69) is 20.7 Å². The molecule has 0 spiro atoms. The van der Waals surface area contributed by atoms with Gasteiger partial charge in [0.2, 0.25) is 5.75 Å². The minimum atomic E-state index is -0.297. The maximum atomic E-state index is 12.4. The van der Waals surface area contributed by atoms with E-state index in [4.69, 9.17) is 23.7 Å². The summed E-state index contributed by atoms with van der Waals surface area (Å²) in [7, 11) is 7.74. The first-order valence-electron chi connectivity index (χ1n) is 10.9. The highest BCUT2D eigenvalue weighted by Gasteiger charge is 2.17. The van der Waals surface area contributed by atoms with Crippen LogP contribution < -0.4 is 29.1 Å². The van der Waals surface area contributed by atoms with Crippen LogP contribution in [0.15, 0.2) is 40.6 Å². The monoisotopic (exact) mass is 515 g/mol. The highest BCUT2D eigenvalue weighted by atomic mass is 32.2. The van der Waals surface area contributed by atoms with Gasteiger partial charge in [-0.2, -0.15) is 5.10 Å². The number of hydrogen-bond donors (Lipinski definition) is 1. The van der Waals surface area contributed by atoms with Crippen molar-refractivity contribution in [3.63, 3.8) is 0 Å². The Balaban J connectivity index is 1.67. The van der Waals surface area contributed by atoms with Gasteiger partial charge in [0.15, 0.2) is 34.0 Å². The van der Waals surface area contributed by atoms with E-state index in [1.54, 1.807) is 33.5 Å². The lowest BCUT2D eigenvalue weighted by Crippen LogP contribution is -2.20. The second kappa shape index (κ2) is 12.7. The molecule has 3 rings (SSSR count). The van der Waals surface area contributed by atoms with Gasteiger partial charge in [-0.05, 0) is 37.3 Å². The van der Waals surface area contributed by atoms with Crippen LogP contribution >= 0.6 is 11.8 Å². The van der Waals surface area contributed by atoms with Gasteiger partial charge in [0, 0.05) is 17.7 Å². The van der Waals surface area contributed by atoms with Gasteiger partial charge < -0.3 is 28.3 Å². The SMILES string of the molecule is CCn1c(SCC(=O)N/N=C\c2ccc(OC)c(OC)c2OC)nnc1-c1ccc(OC)c(OC)c1. The van der Waals surface area contributed by atoms with Crippen molar-refractivity contribution in [3.05, 3.63) is 35.9 Å². The molecule has 1 N–H and O–H groups in total. The third kappa shape index (κ3) is 5.82. The van der Waals surface area contributed by atoms with Crippen LogP contribution in [0.3, 0.4) is 0 Å². The molecule has 0 fully saturated rings. The molecule has 0 aliphatic heterocycles. The molecule has 0 aliphatic rings. The molecule has 11 nitrogen and oxygen atoms in total. The molecule has 1 aromatic heterocycles. The van der Waals surface area contributed by atoms with Crippen LogP contribution in [0.1, 0.15) is 12.5 Å².